The molecule has 3 aliphatic heterocycles. The molecule has 3 fully saturated rings. The van der Waals surface area contributed by atoms with Gasteiger partial charge < -0.3 is 0 Å². The minimum absolute atomic E-state index is 0.0160. The molecule has 3 aromatic rings. The van der Waals surface area contributed by atoms with Crippen molar-refractivity contribution in [1.29, 1.82) is 0 Å². The van der Waals surface area contributed by atoms with Crippen molar-refractivity contribution in [3.63, 3.8) is 0 Å². The summed E-state index contributed by atoms with van der Waals surface area (Å²) in [4.78, 5) is 121. The second-order valence-electron chi connectivity index (χ2n) is 13.7. The topological polar surface area (TPSA) is 199 Å². The number of ketones is 1. The Morgan fingerprint density at radius 1 is 0.436 bits per heavy atom. The number of piperidine rings is 1. The number of hydrogen-bond donors (Lipinski definition) is 3. The fourth-order valence-electron chi connectivity index (χ4n) is 7.05. The van der Waals surface area contributed by atoms with Gasteiger partial charge in [-0.05, 0) is 48.9 Å². The molecule has 0 aliphatic carbocycles. The molecule has 3 N–H and O–H groups in total. The number of Topliss-reactive ketones (excluding diaryl/α,β-unsaturated/α-hetero) is 1. The van der Waals surface area contributed by atoms with Crippen LogP contribution >= 0.6 is 0 Å². The average molecular weight is 749 g/mol. The molecule has 4 atom stereocenters. The fraction of sp³-hybridized carbons (Fsp3) is 0.325. The predicted octanol–water partition coefficient (Wildman–Crippen LogP) is 1.25. The van der Waals surface area contributed by atoms with Gasteiger partial charge in [-0.2, -0.15) is 0 Å². The smallest absolute Gasteiger partial charge is 0.300 e. The number of carbonyl (C=O) groups is 9. The normalized spacial score (nSPS) is 21.9. The maximum atomic E-state index is 13.6. The second-order valence-corrected chi connectivity index (χ2v) is 13.7. The quantitative estimate of drug-likeness (QED) is 0.150. The lowest BCUT2D eigenvalue weighted by molar-refractivity contribution is -0.149. The highest BCUT2D eigenvalue weighted by Gasteiger charge is 2.44. The van der Waals surface area contributed by atoms with Crippen LogP contribution in [0, 0.1) is 23.7 Å². The van der Waals surface area contributed by atoms with Crippen molar-refractivity contribution in [2.75, 3.05) is 32.7 Å². The van der Waals surface area contributed by atoms with Crippen LogP contribution in [0.3, 0.4) is 0 Å². The summed E-state index contributed by atoms with van der Waals surface area (Å²) in [5.74, 6) is -9.44. The summed E-state index contributed by atoms with van der Waals surface area (Å²) in [5, 5.41) is 6.80. The van der Waals surface area contributed by atoms with Crippen molar-refractivity contribution in [2.24, 2.45) is 23.7 Å². The van der Waals surface area contributed by atoms with Gasteiger partial charge in [-0.1, -0.05) is 91.0 Å². The molecule has 0 radical (unpaired) electrons. The van der Waals surface area contributed by atoms with Gasteiger partial charge in [0, 0.05) is 26.2 Å². The van der Waals surface area contributed by atoms with Crippen LogP contribution in [0.2, 0.25) is 0 Å². The van der Waals surface area contributed by atoms with Crippen LogP contribution in [0.5, 0.6) is 0 Å². The molecule has 0 bridgehead atoms. The molecular weight excluding hydrogens is 708 g/mol. The number of barbiturate groups is 2. The maximum absolute atomic E-state index is 13.6. The Labute approximate surface area is 316 Å². The van der Waals surface area contributed by atoms with Crippen LogP contribution in [0.25, 0.3) is 0 Å². The van der Waals surface area contributed by atoms with E-state index in [1.165, 1.54) is 0 Å². The maximum Gasteiger partial charge on any atom is 0.330 e. The molecular formula is C40H40N6O9. The molecule has 3 heterocycles. The number of rotatable bonds is 15. The van der Waals surface area contributed by atoms with E-state index in [1.807, 2.05) is 0 Å². The van der Waals surface area contributed by atoms with Gasteiger partial charge in [0.2, 0.25) is 35.4 Å². The van der Waals surface area contributed by atoms with Gasteiger partial charge in [-0.15, -0.1) is 0 Å². The van der Waals surface area contributed by atoms with Crippen molar-refractivity contribution >= 4 is 53.3 Å². The van der Waals surface area contributed by atoms with Gasteiger partial charge in [0.15, 0.2) is 5.78 Å². The lowest BCUT2D eigenvalue weighted by Crippen LogP contribution is -2.60. The minimum Gasteiger partial charge on any atom is -0.300 e. The first-order chi connectivity index (χ1) is 26.5. The lowest BCUT2D eigenvalue weighted by Gasteiger charge is -2.34. The summed E-state index contributed by atoms with van der Waals surface area (Å²) in [5.41, 5.74) is 2.19. The summed E-state index contributed by atoms with van der Waals surface area (Å²) >= 11 is 0. The number of urea groups is 2. The highest BCUT2D eigenvalue weighted by molar-refractivity contribution is 6.20. The minimum atomic E-state index is -1.20. The fourth-order valence-corrected chi connectivity index (χ4v) is 7.05. The van der Waals surface area contributed by atoms with Crippen LogP contribution in [-0.2, 0) is 52.8 Å². The van der Waals surface area contributed by atoms with Crippen molar-refractivity contribution in [3.8, 4) is 0 Å². The highest BCUT2D eigenvalue weighted by atomic mass is 16.2. The van der Waals surface area contributed by atoms with E-state index in [0.717, 1.165) is 26.5 Å². The number of amides is 10. The van der Waals surface area contributed by atoms with Crippen LogP contribution in [-0.4, -0.2) is 101 Å². The average Bonchev–Trinajstić information content (AvgIpc) is 3.17. The van der Waals surface area contributed by atoms with E-state index in [0.29, 0.717) is 0 Å². The Morgan fingerprint density at radius 2 is 0.800 bits per heavy atom. The summed E-state index contributed by atoms with van der Waals surface area (Å²) in [6.45, 7) is -0.467. The number of carbonyl (C=O) groups excluding carboxylic acids is 9. The second kappa shape index (κ2) is 17.2. The Bertz CT molecular complexity index is 1760. The number of nitrogens with zero attached hydrogens (tertiary/aromatic N) is 3. The van der Waals surface area contributed by atoms with Gasteiger partial charge in [0.1, 0.15) is 17.8 Å². The van der Waals surface area contributed by atoms with Crippen molar-refractivity contribution < 1.29 is 43.2 Å². The molecule has 4 unspecified atom stereocenters. The number of hydrogen-bond acceptors (Lipinski definition) is 10. The van der Waals surface area contributed by atoms with Crippen molar-refractivity contribution in [2.45, 2.75) is 25.7 Å². The lowest BCUT2D eigenvalue weighted by atomic mass is 9.82. The Hall–Kier alpha value is -6.35. The zero-order valence-electron chi connectivity index (χ0n) is 29.8. The van der Waals surface area contributed by atoms with Crippen molar-refractivity contribution in [1.82, 2.24) is 30.7 Å². The monoisotopic (exact) mass is 748 g/mol. The molecule has 3 saturated heterocycles. The third kappa shape index (κ3) is 9.07. The Kier molecular flexibility index (Phi) is 12.0. The molecule has 15 heteroatoms. The molecule has 284 valence electrons. The summed E-state index contributed by atoms with van der Waals surface area (Å²) in [7, 11) is 0. The highest BCUT2D eigenvalue weighted by Crippen LogP contribution is 2.23. The molecule has 0 saturated carbocycles. The van der Waals surface area contributed by atoms with Crippen molar-refractivity contribution in [3.05, 3.63) is 108 Å². The summed E-state index contributed by atoms with van der Waals surface area (Å²) in [6.07, 6.45) is 0.169. The zero-order chi connectivity index (χ0) is 39.1. The van der Waals surface area contributed by atoms with E-state index >= 15 is 0 Å². The first-order valence-corrected chi connectivity index (χ1v) is 18.0. The number of benzene rings is 3. The van der Waals surface area contributed by atoms with Gasteiger partial charge in [0.05, 0.1) is 5.92 Å². The summed E-state index contributed by atoms with van der Waals surface area (Å²) < 4.78 is 0. The Morgan fingerprint density at radius 3 is 1.22 bits per heavy atom. The largest absolute Gasteiger partial charge is 0.330 e. The van der Waals surface area contributed by atoms with Crippen LogP contribution in [0.15, 0.2) is 91.0 Å². The van der Waals surface area contributed by atoms with E-state index in [9.17, 15) is 43.2 Å². The Balaban J connectivity index is 1.17. The van der Waals surface area contributed by atoms with Crippen LogP contribution < -0.4 is 16.0 Å². The molecule has 3 aliphatic rings. The number of nitrogens with one attached hydrogen (secondary N) is 3. The SMILES string of the molecule is O=C1NC(=O)C(Cc2ccccc2)C(=O)C1CCN(CCN1C(=O)NC(=O)C(Cc2ccccc2)C1=O)CCN1C(=O)NC(=O)C(Cc2ccccc2)C1=O. The summed E-state index contributed by atoms with van der Waals surface area (Å²) in [6, 6.07) is 24.8. The molecule has 55 heavy (non-hydrogen) atoms. The van der Waals surface area contributed by atoms with Gasteiger partial charge in [-0.25, -0.2) is 9.59 Å². The molecule has 6 rings (SSSR count). The third-order valence-electron chi connectivity index (χ3n) is 10.1. The predicted molar refractivity (Wildman–Crippen MR) is 194 cm³/mol. The van der Waals surface area contributed by atoms with E-state index in [4.69, 9.17) is 0 Å². The standard InChI is InChI=1S/C40H40N6O9/c47-32-28(33(48)41-34(49)29(32)22-25-10-4-1-5-11-25)16-17-44(18-20-45-37(52)30(35(50)42-39(45)54)23-26-12-6-2-7-13-26)19-21-46-38(53)31(36(51)43-40(46)55)24-27-14-8-3-9-15-27/h1-15,28-31H,16-24H2,(H,41,48,49)(H,42,50,54)(H,43,51,55). The van der Waals surface area contributed by atoms with E-state index in [2.05, 4.69) is 16.0 Å². The molecule has 15 nitrogen and oxygen atoms in total. The van der Waals surface area contributed by atoms with E-state index in [-0.39, 0.29) is 58.4 Å². The van der Waals surface area contributed by atoms with E-state index < -0.39 is 77.0 Å². The third-order valence-corrected chi connectivity index (χ3v) is 10.1. The van der Waals surface area contributed by atoms with Crippen LogP contribution in [0.4, 0.5) is 9.59 Å². The first-order valence-electron chi connectivity index (χ1n) is 18.0. The molecule has 3 aromatic carbocycles. The number of imide groups is 5. The first kappa shape index (κ1) is 38.4. The molecule has 10 amide bonds. The van der Waals surface area contributed by atoms with Gasteiger partial charge in [0.25, 0.3) is 0 Å². The van der Waals surface area contributed by atoms with Gasteiger partial charge >= 0.3 is 12.1 Å². The van der Waals surface area contributed by atoms with E-state index in [1.54, 1.807) is 95.9 Å². The zero-order valence-corrected chi connectivity index (χ0v) is 29.8. The van der Waals surface area contributed by atoms with Gasteiger partial charge in [-0.3, -0.25) is 64.2 Å². The van der Waals surface area contributed by atoms with Crippen LogP contribution in [0.1, 0.15) is 23.1 Å². The molecule has 0 aromatic heterocycles. The molecule has 0 spiro atoms.